The van der Waals surface area contributed by atoms with Gasteiger partial charge in [-0.25, -0.2) is 10.3 Å². The Morgan fingerprint density at radius 3 is 2.50 bits per heavy atom. The van der Waals surface area contributed by atoms with Gasteiger partial charge in [-0.05, 0) is 79.0 Å². The molecule has 0 spiro atoms. The third kappa shape index (κ3) is 8.15. The van der Waals surface area contributed by atoms with Gasteiger partial charge in [0.1, 0.15) is 12.4 Å². The number of oxime groups is 1. The van der Waals surface area contributed by atoms with E-state index in [0.717, 1.165) is 41.8 Å². The zero-order chi connectivity index (χ0) is 30.5. The Morgan fingerprint density at radius 2 is 1.83 bits per heavy atom. The lowest BCUT2D eigenvalue weighted by molar-refractivity contribution is -0.145. The van der Waals surface area contributed by atoms with Gasteiger partial charge in [0.2, 0.25) is 0 Å². The molecular formula is C30H36F3N3O6. The van der Waals surface area contributed by atoms with E-state index in [4.69, 9.17) is 14.4 Å². The molecule has 12 heteroatoms. The van der Waals surface area contributed by atoms with Crippen molar-refractivity contribution in [2.24, 2.45) is 10.6 Å². The number of likely N-dealkylation sites (tertiary alicyclic amines) is 1. The Bertz CT molecular complexity index is 1290. The number of nitrogens with one attached hydrogen (secondary N) is 1. The number of rotatable bonds is 8. The molecule has 2 amide bonds. The second-order valence-electron chi connectivity index (χ2n) is 11.6. The molecule has 0 aromatic heterocycles. The number of halogens is 3. The first kappa shape index (κ1) is 31.1. The summed E-state index contributed by atoms with van der Waals surface area (Å²) in [6.07, 6.45) is -2.38. The maximum atomic E-state index is 12.7. The minimum absolute atomic E-state index is 0.0465. The molecule has 1 aliphatic carbocycles. The van der Waals surface area contributed by atoms with Gasteiger partial charge in [-0.2, -0.15) is 13.2 Å². The van der Waals surface area contributed by atoms with Crippen molar-refractivity contribution < 1.29 is 42.3 Å². The first-order valence-corrected chi connectivity index (χ1v) is 13.9. The van der Waals surface area contributed by atoms with Crippen molar-refractivity contribution in [1.29, 1.82) is 0 Å². The van der Waals surface area contributed by atoms with Gasteiger partial charge < -0.3 is 19.6 Å². The Labute approximate surface area is 242 Å². The lowest BCUT2D eigenvalue weighted by Gasteiger charge is -2.44. The fraction of sp³-hybridized carbons (Fsp3) is 0.500. The maximum Gasteiger partial charge on any atom is 0.416 e. The standard InChI is InChI=1S/C30H36F3N3O6/c1-29(2,3)26-16-23(13-14-36(26)28(38)39)42-35-27(37)18-40-22-11-12-24-20(15-22)5-4-6-25(24)34-41-17-19-7-9-21(10-8-19)30(31,32)33/h7-12,15,23,26H,4-6,13-14,16-18H2,1-3H3,(H,35,37)(H,38,39). The summed E-state index contributed by atoms with van der Waals surface area (Å²) in [6, 6.07) is 9.97. The number of hydroxylamine groups is 1. The number of hydrogen-bond acceptors (Lipinski definition) is 6. The number of carbonyl (C=O) groups excluding carboxylic acids is 1. The Kier molecular flexibility index (Phi) is 9.65. The van der Waals surface area contributed by atoms with Crippen molar-refractivity contribution in [3.8, 4) is 5.75 Å². The van der Waals surface area contributed by atoms with Crippen molar-refractivity contribution in [3.05, 3.63) is 64.7 Å². The molecule has 2 atom stereocenters. The molecule has 2 aromatic rings. The lowest BCUT2D eigenvalue weighted by Crippen LogP contribution is -2.54. The molecule has 0 radical (unpaired) electrons. The highest BCUT2D eigenvalue weighted by atomic mass is 19.4. The first-order chi connectivity index (χ1) is 19.8. The number of hydrogen-bond donors (Lipinski definition) is 2. The molecule has 1 fully saturated rings. The normalized spacial score (nSPS) is 20.1. The van der Waals surface area contributed by atoms with Gasteiger partial charge in [-0.1, -0.05) is 38.1 Å². The zero-order valence-electron chi connectivity index (χ0n) is 23.9. The van der Waals surface area contributed by atoms with E-state index in [9.17, 15) is 27.9 Å². The van der Waals surface area contributed by atoms with Crippen LogP contribution in [0.15, 0.2) is 47.6 Å². The van der Waals surface area contributed by atoms with Crippen LogP contribution < -0.4 is 10.2 Å². The number of amides is 2. The Balaban J connectivity index is 1.26. The SMILES string of the molecule is CC(C)(C)C1CC(ONC(=O)COc2ccc3c(c2)CCCC3=NOCc2ccc(C(F)(F)F)cc2)CCN1C(=O)O. The summed E-state index contributed by atoms with van der Waals surface area (Å²) in [5, 5.41) is 13.7. The predicted molar refractivity (Wildman–Crippen MR) is 148 cm³/mol. The third-order valence-electron chi connectivity index (χ3n) is 7.44. The molecule has 228 valence electrons. The fourth-order valence-corrected chi connectivity index (χ4v) is 5.22. The van der Waals surface area contributed by atoms with Crippen LogP contribution in [0, 0.1) is 5.41 Å². The van der Waals surface area contributed by atoms with Crippen molar-refractivity contribution in [1.82, 2.24) is 10.4 Å². The van der Waals surface area contributed by atoms with Crippen LogP contribution in [-0.2, 0) is 33.7 Å². The number of ether oxygens (including phenoxy) is 1. The molecule has 2 aliphatic rings. The third-order valence-corrected chi connectivity index (χ3v) is 7.44. The zero-order valence-corrected chi connectivity index (χ0v) is 23.9. The lowest BCUT2D eigenvalue weighted by atomic mass is 9.80. The van der Waals surface area contributed by atoms with Crippen LogP contribution in [0.3, 0.4) is 0 Å². The average molecular weight is 592 g/mol. The van der Waals surface area contributed by atoms with Crippen molar-refractivity contribution in [2.75, 3.05) is 13.2 Å². The molecule has 9 nitrogen and oxygen atoms in total. The number of benzene rings is 2. The van der Waals surface area contributed by atoms with E-state index in [2.05, 4.69) is 10.6 Å². The van der Waals surface area contributed by atoms with E-state index in [1.807, 2.05) is 32.9 Å². The number of fused-ring (bicyclic) bond motifs is 1. The minimum atomic E-state index is -4.38. The number of alkyl halides is 3. The molecule has 1 aliphatic heterocycles. The number of carboxylic acid groups (broad SMARTS) is 1. The number of aryl methyl sites for hydroxylation is 1. The fourth-order valence-electron chi connectivity index (χ4n) is 5.22. The van der Waals surface area contributed by atoms with Gasteiger partial charge >= 0.3 is 12.3 Å². The first-order valence-electron chi connectivity index (χ1n) is 13.9. The van der Waals surface area contributed by atoms with E-state index >= 15 is 0 Å². The maximum absolute atomic E-state index is 12.7. The van der Waals surface area contributed by atoms with Crippen molar-refractivity contribution >= 4 is 17.7 Å². The summed E-state index contributed by atoms with van der Waals surface area (Å²) in [5.74, 6) is 0.0537. The van der Waals surface area contributed by atoms with Crippen LogP contribution in [0.2, 0.25) is 0 Å². The van der Waals surface area contributed by atoms with E-state index in [0.29, 0.717) is 37.1 Å². The number of piperidine rings is 1. The molecule has 2 unspecified atom stereocenters. The molecular weight excluding hydrogens is 555 g/mol. The second kappa shape index (κ2) is 13.0. The van der Waals surface area contributed by atoms with Crippen LogP contribution in [0.4, 0.5) is 18.0 Å². The molecule has 2 N–H and O–H groups in total. The summed E-state index contributed by atoms with van der Waals surface area (Å²) >= 11 is 0. The van der Waals surface area contributed by atoms with Gasteiger partial charge in [-0.15, -0.1) is 0 Å². The highest BCUT2D eigenvalue weighted by Crippen LogP contribution is 2.33. The molecule has 0 bridgehead atoms. The van der Waals surface area contributed by atoms with Crippen molar-refractivity contribution in [2.45, 2.75) is 77.8 Å². The monoisotopic (exact) mass is 591 g/mol. The van der Waals surface area contributed by atoms with Crippen LogP contribution >= 0.6 is 0 Å². The summed E-state index contributed by atoms with van der Waals surface area (Å²) < 4.78 is 43.9. The van der Waals surface area contributed by atoms with E-state index in [1.54, 1.807) is 6.07 Å². The van der Waals surface area contributed by atoms with Crippen LogP contribution in [-0.4, -0.2) is 53.0 Å². The van der Waals surface area contributed by atoms with Crippen LogP contribution in [0.1, 0.15) is 68.7 Å². The van der Waals surface area contributed by atoms with Gasteiger partial charge in [0.25, 0.3) is 5.91 Å². The quantitative estimate of drug-likeness (QED) is 0.368. The highest BCUT2D eigenvalue weighted by molar-refractivity contribution is 6.02. The van der Waals surface area contributed by atoms with Crippen LogP contribution in [0.5, 0.6) is 5.75 Å². The summed E-state index contributed by atoms with van der Waals surface area (Å²) in [7, 11) is 0. The second-order valence-corrected chi connectivity index (χ2v) is 11.6. The average Bonchev–Trinajstić information content (AvgIpc) is 2.94. The summed E-state index contributed by atoms with van der Waals surface area (Å²) in [5.41, 5.74) is 4.65. The molecule has 4 rings (SSSR count). The number of nitrogens with zero attached hydrogens (tertiary/aromatic N) is 2. The van der Waals surface area contributed by atoms with Crippen molar-refractivity contribution in [3.63, 3.8) is 0 Å². The summed E-state index contributed by atoms with van der Waals surface area (Å²) in [4.78, 5) is 36.5. The largest absolute Gasteiger partial charge is 0.484 e. The number of carbonyl (C=O) groups is 2. The Morgan fingerprint density at radius 1 is 1.10 bits per heavy atom. The molecule has 1 heterocycles. The van der Waals surface area contributed by atoms with E-state index in [1.165, 1.54) is 17.0 Å². The molecule has 2 aromatic carbocycles. The van der Waals surface area contributed by atoms with Gasteiger partial charge in [0.15, 0.2) is 6.61 Å². The summed E-state index contributed by atoms with van der Waals surface area (Å²) in [6.45, 7) is 6.05. The molecule has 42 heavy (non-hydrogen) atoms. The van der Waals surface area contributed by atoms with E-state index in [-0.39, 0.29) is 30.8 Å². The van der Waals surface area contributed by atoms with E-state index < -0.39 is 23.7 Å². The molecule has 1 saturated heterocycles. The predicted octanol–water partition coefficient (Wildman–Crippen LogP) is 5.95. The topological polar surface area (TPSA) is 110 Å². The van der Waals surface area contributed by atoms with Crippen LogP contribution in [0.25, 0.3) is 0 Å². The Hall–Kier alpha value is -3.80. The highest BCUT2D eigenvalue weighted by Gasteiger charge is 2.39. The minimum Gasteiger partial charge on any atom is -0.484 e. The van der Waals surface area contributed by atoms with Gasteiger partial charge in [0, 0.05) is 18.2 Å². The smallest absolute Gasteiger partial charge is 0.416 e. The molecule has 0 saturated carbocycles. The van der Waals surface area contributed by atoms with Gasteiger partial charge in [-0.3, -0.25) is 9.63 Å². The van der Waals surface area contributed by atoms with Gasteiger partial charge in [0.05, 0.1) is 17.4 Å².